The van der Waals surface area contributed by atoms with E-state index in [0.717, 1.165) is 18.9 Å². The molecule has 1 aliphatic heterocycles. The topological polar surface area (TPSA) is 67.5 Å². The van der Waals surface area contributed by atoms with E-state index in [2.05, 4.69) is 40.7 Å². The second-order valence-corrected chi connectivity index (χ2v) is 4.89. The Hall–Kier alpha value is -1.56. The third-order valence-corrected chi connectivity index (χ3v) is 3.68. The average Bonchev–Trinajstić information content (AvgIpc) is 2.35. The lowest BCUT2D eigenvalue weighted by molar-refractivity contribution is 0.169. The summed E-state index contributed by atoms with van der Waals surface area (Å²) >= 11 is 0. The van der Waals surface area contributed by atoms with Gasteiger partial charge in [-0.15, -0.1) is 0 Å². The molecule has 1 aliphatic rings. The lowest BCUT2D eigenvalue weighted by Crippen LogP contribution is -2.55. The van der Waals surface area contributed by atoms with Crippen molar-refractivity contribution in [1.29, 1.82) is 0 Å². The Morgan fingerprint density at radius 2 is 1.89 bits per heavy atom. The fourth-order valence-corrected chi connectivity index (χ4v) is 2.36. The molecule has 2 heterocycles. The molecule has 0 saturated carbocycles. The van der Waals surface area contributed by atoms with Crippen LogP contribution in [0.25, 0.3) is 0 Å². The standard InChI is InChI=1S/C12H21N5O/c1-8-5-17(6-9(2)16(8)3)11-10(13)12(18-4)15-7-14-11/h7-9H,5-6,13H2,1-4H3. The van der Waals surface area contributed by atoms with Gasteiger partial charge in [0.15, 0.2) is 5.82 Å². The number of hydrogen-bond acceptors (Lipinski definition) is 6. The number of methoxy groups -OCH3 is 1. The van der Waals surface area contributed by atoms with Gasteiger partial charge in [0.1, 0.15) is 12.0 Å². The molecule has 0 bridgehead atoms. The molecule has 18 heavy (non-hydrogen) atoms. The van der Waals surface area contributed by atoms with Gasteiger partial charge < -0.3 is 15.4 Å². The van der Waals surface area contributed by atoms with Gasteiger partial charge in [-0.2, -0.15) is 4.98 Å². The molecule has 100 valence electrons. The first kappa shape index (κ1) is 12.9. The van der Waals surface area contributed by atoms with Crippen LogP contribution in [0.4, 0.5) is 11.5 Å². The van der Waals surface area contributed by atoms with Crippen molar-refractivity contribution in [2.45, 2.75) is 25.9 Å². The smallest absolute Gasteiger partial charge is 0.242 e. The van der Waals surface area contributed by atoms with Crippen molar-refractivity contribution in [3.8, 4) is 5.88 Å². The highest BCUT2D eigenvalue weighted by Gasteiger charge is 2.28. The van der Waals surface area contributed by atoms with Crippen molar-refractivity contribution >= 4 is 11.5 Å². The second kappa shape index (κ2) is 4.97. The van der Waals surface area contributed by atoms with Crippen LogP contribution in [0.2, 0.25) is 0 Å². The molecule has 0 aliphatic carbocycles. The zero-order valence-electron chi connectivity index (χ0n) is 11.4. The van der Waals surface area contributed by atoms with E-state index in [1.165, 1.54) is 6.33 Å². The van der Waals surface area contributed by atoms with Gasteiger partial charge in [0.05, 0.1) is 7.11 Å². The Balaban J connectivity index is 2.27. The Morgan fingerprint density at radius 1 is 1.28 bits per heavy atom. The number of nitrogen functional groups attached to an aromatic ring is 1. The maximum Gasteiger partial charge on any atom is 0.242 e. The number of anilines is 2. The van der Waals surface area contributed by atoms with Crippen molar-refractivity contribution in [1.82, 2.24) is 14.9 Å². The zero-order chi connectivity index (χ0) is 13.3. The average molecular weight is 251 g/mol. The molecule has 2 N–H and O–H groups in total. The summed E-state index contributed by atoms with van der Waals surface area (Å²) in [5.74, 6) is 1.22. The molecule has 1 fully saturated rings. The number of likely N-dealkylation sites (N-methyl/N-ethyl adjacent to an activating group) is 1. The number of rotatable bonds is 2. The molecule has 6 heteroatoms. The maximum absolute atomic E-state index is 6.04. The summed E-state index contributed by atoms with van der Waals surface area (Å²) in [6.07, 6.45) is 1.50. The number of ether oxygens (including phenoxy) is 1. The van der Waals surface area contributed by atoms with Gasteiger partial charge in [-0.25, -0.2) is 4.98 Å². The summed E-state index contributed by atoms with van der Waals surface area (Å²) in [7, 11) is 3.72. The molecular formula is C12H21N5O. The van der Waals surface area contributed by atoms with E-state index in [1.54, 1.807) is 7.11 Å². The summed E-state index contributed by atoms with van der Waals surface area (Å²) < 4.78 is 5.14. The van der Waals surface area contributed by atoms with E-state index >= 15 is 0 Å². The fraction of sp³-hybridized carbons (Fsp3) is 0.667. The molecule has 0 spiro atoms. The van der Waals surface area contributed by atoms with E-state index in [9.17, 15) is 0 Å². The van der Waals surface area contributed by atoms with E-state index in [0.29, 0.717) is 23.7 Å². The van der Waals surface area contributed by atoms with Crippen LogP contribution < -0.4 is 15.4 Å². The predicted octanol–water partition coefficient (Wildman–Crippen LogP) is 0.596. The van der Waals surface area contributed by atoms with E-state index in [1.807, 2.05) is 0 Å². The van der Waals surface area contributed by atoms with Crippen molar-refractivity contribution < 1.29 is 4.74 Å². The molecule has 0 radical (unpaired) electrons. The Bertz CT molecular complexity index is 413. The van der Waals surface area contributed by atoms with Crippen LogP contribution in [0.3, 0.4) is 0 Å². The first-order valence-corrected chi connectivity index (χ1v) is 6.16. The van der Waals surface area contributed by atoms with Gasteiger partial charge >= 0.3 is 0 Å². The molecule has 2 atom stereocenters. The van der Waals surface area contributed by atoms with Crippen molar-refractivity contribution in [3.63, 3.8) is 0 Å². The molecule has 1 aromatic rings. The van der Waals surface area contributed by atoms with Gasteiger partial charge in [-0.1, -0.05) is 0 Å². The third-order valence-electron chi connectivity index (χ3n) is 3.68. The van der Waals surface area contributed by atoms with E-state index in [4.69, 9.17) is 10.5 Å². The van der Waals surface area contributed by atoms with Gasteiger partial charge in [0.2, 0.25) is 5.88 Å². The summed E-state index contributed by atoms with van der Waals surface area (Å²) in [5.41, 5.74) is 6.56. The number of nitrogens with two attached hydrogens (primary N) is 1. The van der Waals surface area contributed by atoms with Crippen LogP contribution in [0.15, 0.2) is 6.33 Å². The molecule has 0 amide bonds. The highest BCUT2D eigenvalue weighted by atomic mass is 16.5. The lowest BCUT2D eigenvalue weighted by atomic mass is 10.1. The first-order chi connectivity index (χ1) is 8.54. The number of piperazine rings is 1. The molecule has 2 rings (SSSR count). The molecule has 0 aromatic carbocycles. The number of nitrogens with zero attached hydrogens (tertiary/aromatic N) is 4. The van der Waals surface area contributed by atoms with Crippen molar-refractivity contribution in [3.05, 3.63) is 6.33 Å². The van der Waals surface area contributed by atoms with Crippen LogP contribution in [0, 0.1) is 0 Å². The lowest BCUT2D eigenvalue weighted by Gasteiger charge is -2.43. The highest BCUT2D eigenvalue weighted by molar-refractivity contribution is 5.68. The molecule has 1 aromatic heterocycles. The van der Waals surface area contributed by atoms with Crippen LogP contribution in [-0.2, 0) is 0 Å². The Kier molecular flexibility index (Phi) is 3.56. The van der Waals surface area contributed by atoms with Gasteiger partial charge in [-0.05, 0) is 20.9 Å². The normalized spacial score (nSPS) is 25.2. The summed E-state index contributed by atoms with van der Waals surface area (Å²) in [6.45, 7) is 6.23. The minimum absolute atomic E-state index is 0.444. The maximum atomic E-state index is 6.04. The fourth-order valence-electron chi connectivity index (χ4n) is 2.36. The predicted molar refractivity (Wildman–Crippen MR) is 71.9 cm³/mol. The minimum atomic E-state index is 0.444. The molecular weight excluding hydrogens is 230 g/mol. The summed E-state index contributed by atoms with van der Waals surface area (Å²) in [4.78, 5) is 12.9. The third kappa shape index (κ3) is 2.20. The van der Waals surface area contributed by atoms with Crippen molar-refractivity contribution in [2.75, 3.05) is 37.9 Å². The van der Waals surface area contributed by atoms with Crippen LogP contribution in [0.1, 0.15) is 13.8 Å². The number of hydrogen-bond donors (Lipinski definition) is 1. The number of aromatic nitrogens is 2. The minimum Gasteiger partial charge on any atom is -0.479 e. The zero-order valence-corrected chi connectivity index (χ0v) is 11.4. The van der Waals surface area contributed by atoms with Crippen LogP contribution in [0.5, 0.6) is 5.88 Å². The van der Waals surface area contributed by atoms with Crippen molar-refractivity contribution in [2.24, 2.45) is 0 Å². The molecule has 2 unspecified atom stereocenters. The van der Waals surface area contributed by atoms with Gasteiger partial charge in [0, 0.05) is 25.2 Å². The monoisotopic (exact) mass is 251 g/mol. The summed E-state index contributed by atoms with van der Waals surface area (Å²) in [5, 5.41) is 0. The Labute approximate surface area is 108 Å². The molecule has 6 nitrogen and oxygen atoms in total. The highest BCUT2D eigenvalue weighted by Crippen LogP contribution is 2.29. The quantitative estimate of drug-likeness (QED) is 0.830. The van der Waals surface area contributed by atoms with Crippen LogP contribution >= 0.6 is 0 Å². The molecule has 1 saturated heterocycles. The van der Waals surface area contributed by atoms with E-state index in [-0.39, 0.29) is 0 Å². The largest absolute Gasteiger partial charge is 0.479 e. The Morgan fingerprint density at radius 3 is 2.44 bits per heavy atom. The summed E-state index contributed by atoms with van der Waals surface area (Å²) in [6, 6.07) is 0.934. The van der Waals surface area contributed by atoms with Crippen LogP contribution in [-0.4, -0.2) is 54.2 Å². The van der Waals surface area contributed by atoms with Gasteiger partial charge in [0.25, 0.3) is 0 Å². The second-order valence-electron chi connectivity index (χ2n) is 4.89. The van der Waals surface area contributed by atoms with Gasteiger partial charge in [-0.3, -0.25) is 4.90 Å². The SMILES string of the molecule is COc1ncnc(N2CC(C)N(C)C(C)C2)c1N. The first-order valence-electron chi connectivity index (χ1n) is 6.16. The van der Waals surface area contributed by atoms with E-state index < -0.39 is 0 Å².